The number of nitrogens with two attached hydrogens (primary N) is 1. The highest BCUT2D eigenvalue weighted by atomic mass is 16.3. The van der Waals surface area contributed by atoms with Gasteiger partial charge in [-0.3, -0.25) is 9.88 Å². The van der Waals surface area contributed by atoms with Crippen molar-refractivity contribution in [3.8, 4) is 0 Å². The summed E-state index contributed by atoms with van der Waals surface area (Å²) in [5, 5.41) is 8.87. The van der Waals surface area contributed by atoms with Crippen molar-refractivity contribution in [1.82, 2.24) is 14.9 Å². The quantitative estimate of drug-likeness (QED) is 0.452. The van der Waals surface area contributed by atoms with Crippen molar-refractivity contribution in [2.75, 3.05) is 49.7 Å². The first kappa shape index (κ1) is 12.0. The molecule has 0 radical (unpaired) electrons. The van der Waals surface area contributed by atoms with E-state index in [1.807, 2.05) is 0 Å². The molecule has 1 fully saturated rings. The third-order valence-corrected chi connectivity index (χ3v) is 2.88. The van der Waals surface area contributed by atoms with Crippen molar-refractivity contribution in [1.29, 1.82) is 0 Å². The zero-order chi connectivity index (χ0) is 12.1. The summed E-state index contributed by atoms with van der Waals surface area (Å²) in [4.78, 5) is 12.8. The second-order valence-corrected chi connectivity index (χ2v) is 3.96. The first-order valence-electron chi connectivity index (χ1n) is 5.70. The Morgan fingerprint density at radius 1 is 1.29 bits per heavy atom. The zero-order valence-electron chi connectivity index (χ0n) is 9.71. The third kappa shape index (κ3) is 3.02. The fraction of sp³-hybridized carbons (Fsp3) is 0.600. The third-order valence-electron chi connectivity index (χ3n) is 2.88. The number of nitrogens with one attached hydrogen (secondary N) is 1. The minimum atomic E-state index is 0.215. The molecule has 0 aromatic carbocycles. The van der Waals surface area contributed by atoms with E-state index in [4.69, 9.17) is 10.9 Å². The van der Waals surface area contributed by atoms with Crippen LogP contribution in [0.4, 0.5) is 11.6 Å². The Morgan fingerprint density at radius 2 is 2.06 bits per heavy atom. The molecule has 0 aliphatic carbocycles. The average Bonchev–Trinajstić information content (AvgIpc) is 2.40. The lowest BCUT2D eigenvalue weighted by Crippen LogP contribution is -2.47. The van der Waals surface area contributed by atoms with Gasteiger partial charge in [0.05, 0.1) is 19.0 Å². The van der Waals surface area contributed by atoms with Gasteiger partial charge in [0, 0.05) is 32.7 Å². The number of anilines is 2. The van der Waals surface area contributed by atoms with E-state index in [9.17, 15) is 0 Å². The Morgan fingerprint density at radius 3 is 2.71 bits per heavy atom. The largest absolute Gasteiger partial charge is 0.395 e. The molecule has 7 nitrogen and oxygen atoms in total. The van der Waals surface area contributed by atoms with Crippen molar-refractivity contribution >= 4 is 11.6 Å². The fourth-order valence-corrected chi connectivity index (χ4v) is 1.92. The Hall–Kier alpha value is -1.44. The number of hydrazine groups is 1. The van der Waals surface area contributed by atoms with E-state index < -0.39 is 0 Å². The van der Waals surface area contributed by atoms with Crippen LogP contribution in [0.1, 0.15) is 0 Å². The van der Waals surface area contributed by atoms with E-state index in [0.717, 1.165) is 38.5 Å². The van der Waals surface area contributed by atoms with Crippen molar-refractivity contribution in [2.45, 2.75) is 0 Å². The maximum Gasteiger partial charge on any atom is 0.160 e. The Balaban J connectivity index is 1.95. The van der Waals surface area contributed by atoms with Gasteiger partial charge < -0.3 is 15.4 Å². The SMILES string of the molecule is NNc1cncc(N2CCN(CCO)CC2)n1. The van der Waals surface area contributed by atoms with E-state index in [1.165, 1.54) is 0 Å². The molecule has 17 heavy (non-hydrogen) atoms. The van der Waals surface area contributed by atoms with Crippen molar-refractivity contribution in [3.63, 3.8) is 0 Å². The molecule has 0 spiro atoms. The number of aromatic nitrogens is 2. The second-order valence-electron chi connectivity index (χ2n) is 3.96. The monoisotopic (exact) mass is 238 g/mol. The molecule has 7 heteroatoms. The maximum absolute atomic E-state index is 8.87. The topological polar surface area (TPSA) is 90.5 Å². The summed E-state index contributed by atoms with van der Waals surface area (Å²) in [5.74, 6) is 6.71. The summed E-state index contributed by atoms with van der Waals surface area (Å²) in [7, 11) is 0. The molecule has 1 aromatic rings. The number of aliphatic hydroxyl groups is 1. The fourth-order valence-electron chi connectivity index (χ4n) is 1.92. The van der Waals surface area contributed by atoms with Crippen LogP contribution in [-0.4, -0.2) is 59.3 Å². The van der Waals surface area contributed by atoms with Gasteiger partial charge in [-0.1, -0.05) is 0 Å². The molecule has 2 rings (SSSR count). The first-order valence-corrected chi connectivity index (χ1v) is 5.70. The van der Waals surface area contributed by atoms with Gasteiger partial charge in [0.1, 0.15) is 5.82 Å². The summed E-state index contributed by atoms with van der Waals surface area (Å²) in [5.41, 5.74) is 2.49. The first-order chi connectivity index (χ1) is 8.33. The molecule has 0 saturated carbocycles. The summed E-state index contributed by atoms with van der Waals surface area (Å²) < 4.78 is 0. The molecule has 0 unspecified atom stereocenters. The predicted molar refractivity (Wildman–Crippen MR) is 65.6 cm³/mol. The Bertz CT molecular complexity index is 352. The number of nitrogen functional groups attached to an aromatic ring is 1. The lowest BCUT2D eigenvalue weighted by atomic mass is 10.3. The lowest BCUT2D eigenvalue weighted by Gasteiger charge is -2.34. The number of β-amino-alcohol motifs (C(OH)–C–C–N with tert-alkyl or cyclic N) is 1. The van der Waals surface area contributed by atoms with Gasteiger partial charge in [0.15, 0.2) is 5.82 Å². The average molecular weight is 238 g/mol. The van der Waals surface area contributed by atoms with Gasteiger partial charge in [0.2, 0.25) is 0 Å². The summed E-state index contributed by atoms with van der Waals surface area (Å²) in [6.45, 7) is 4.60. The van der Waals surface area contributed by atoms with Crippen LogP contribution in [-0.2, 0) is 0 Å². The van der Waals surface area contributed by atoms with Crippen molar-refractivity contribution < 1.29 is 5.11 Å². The summed E-state index contributed by atoms with van der Waals surface area (Å²) >= 11 is 0. The molecule has 1 aliphatic heterocycles. The molecular weight excluding hydrogens is 220 g/mol. The molecule has 1 saturated heterocycles. The van der Waals surface area contributed by atoms with E-state index in [1.54, 1.807) is 12.4 Å². The number of nitrogens with zero attached hydrogens (tertiary/aromatic N) is 4. The van der Waals surface area contributed by atoms with Crippen LogP contribution in [0.15, 0.2) is 12.4 Å². The number of hydrogen-bond acceptors (Lipinski definition) is 7. The normalized spacial score (nSPS) is 17.2. The maximum atomic E-state index is 8.87. The molecule has 4 N–H and O–H groups in total. The Labute approximate surface area is 100 Å². The number of rotatable bonds is 4. The lowest BCUT2D eigenvalue weighted by molar-refractivity contribution is 0.188. The molecule has 1 aromatic heterocycles. The van der Waals surface area contributed by atoms with Gasteiger partial charge in [-0.15, -0.1) is 0 Å². The van der Waals surface area contributed by atoms with Crippen LogP contribution in [0.25, 0.3) is 0 Å². The van der Waals surface area contributed by atoms with Crippen LogP contribution >= 0.6 is 0 Å². The van der Waals surface area contributed by atoms with Crippen LogP contribution in [0.5, 0.6) is 0 Å². The van der Waals surface area contributed by atoms with Crippen molar-refractivity contribution in [3.05, 3.63) is 12.4 Å². The summed E-state index contributed by atoms with van der Waals surface area (Å²) in [6, 6.07) is 0. The van der Waals surface area contributed by atoms with Gasteiger partial charge in [0.25, 0.3) is 0 Å². The molecule has 0 amide bonds. The highest BCUT2D eigenvalue weighted by Gasteiger charge is 2.17. The molecule has 0 bridgehead atoms. The molecule has 94 valence electrons. The van der Waals surface area contributed by atoms with Crippen LogP contribution in [0, 0.1) is 0 Å². The van der Waals surface area contributed by atoms with Gasteiger partial charge >= 0.3 is 0 Å². The highest BCUT2D eigenvalue weighted by Crippen LogP contribution is 2.14. The number of hydrogen-bond donors (Lipinski definition) is 3. The van der Waals surface area contributed by atoms with Gasteiger partial charge in [-0.05, 0) is 0 Å². The van der Waals surface area contributed by atoms with E-state index in [-0.39, 0.29) is 6.61 Å². The van der Waals surface area contributed by atoms with Crippen LogP contribution in [0.3, 0.4) is 0 Å². The van der Waals surface area contributed by atoms with Crippen LogP contribution < -0.4 is 16.2 Å². The molecule has 0 atom stereocenters. The van der Waals surface area contributed by atoms with E-state index in [2.05, 4.69) is 25.2 Å². The minimum absolute atomic E-state index is 0.215. The Kier molecular flexibility index (Phi) is 4.08. The summed E-state index contributed by atoms with van der Waals surface area (Å²) in [6.07, 6.45) is 3.33. The minimum Gasteiger partial charge on any atom is -0.395 e. The standard InChI is InChI=1S/C10H18N6O/c11-14-9-7-12-8-10(13-9)16-3-1-15(2-4-16)5-6-17/h7-8,17H,1-6,11H2,(H,13,14). The van der Waals surface area contributed by atoms with E-state index in [0.29, 0.717) is 5.82 Å². The number of piperazine rings is 1. The second kappa shape index (κ2) is 5.76. The molecule has 1 aliphatic rings. The van der Waals surface area contributed by atoms with Crippen LogP contribution in [0.2, 0.25) is 0 Å². The smallest absolute Gasteiger partial charge is 0.160 e. The molecular formula is C10H18N6O. The van der Waals surface area contributed by atoms with Gasteiger partial charge in [-0.2, -0.15) is 0 Å². The van der Waals surface area contributed by atoms with Gasteiger partial charge in [-0.25, -0.2) is 10.8 Å². The predicted octanol–water partition coefficient (Wildman–Crippen LogP) is -1.12. The van der Waals surface area contributed by atoms with E-state index >= 15 is 0 Å². The zero-order valence-corrected chi connectivity index (χ0v) is 9.71. The highest BCUT2D eigenvalue weighted by molar-refractivity contribution is 5.43. The molecule has 2 heterocycles. The number of aliphatic hydroxyl groups excluding tert-OH is 1. The van der Waals surface area contributed by atoms with Crippen molar-refractivity contribution in [2.24, 2.45) is 5.84 Å².